The molecule has 0 fully saturated rings. The molecular weight excluding hydrogens is 512 g/mol. The highest BCUT2D eigenvalue weighted by Gasteiger charge is 2.52. The van der Waals surface area contributed by atoms with Crippen LogP contribution in [0.5, 0.6) is 0 Å². The number of nitro benzene ring substituents is 8. The number of nitrogens with zero attached hydrogens (tertiary/aromatic N) is 8. The molecule has 186 valence electrons. The molecule has 2 aromatic carbocycles. The van der Waals surface area contributed by atoms with Gasteiger partial charge in [0.05, 0.1) is 39.4 Å². The Morgan fingerprint density at radius 1 is 0.333 bits per heavy atom. The summed E-state index contributed by atoms with van der Waals surface area (Å²) in [5.41, 5.74) is -20.4. The number of hydrogen-bond donors (Lipinski definition) is 0. The van der Waals surface area contributed by atoms with E-state index in [0.717, 1.165) is 0 Å². The van der Waals surface area contributed by atoms with E-state index >= 15 is 0 Å². The summed E-state index contributed by atoms with van der Waals surface area (Å²) in [5.74, 6) is 0. The standard InChI is InChI=1S/C12H2N8O16/c21-13(22)3-1-5(15(25)26)9(17(29)30)11(19(33)34)7(3)8-4(14(23)24)2-6(16(27)28)10(18(31)32)12(8)20(35)36/h1-2H. The van der Waals surface area contributed by atoms with E-state index in [9.17, 15) is 80.9 Å². The highest BCUT2D eigenvalue weighted by Crippen LogP contribution is 2.56. The van der Waals surface area contributed by atoms with Gasteiger partial charge in [-0.2, -0.15) is 0 Å². The van der Waals surface area contributed by atoms with Crippen molar-refractivity contribution in [2.24, 2.45) is 0 Å². The van der Waals surface area contributed by atoms with Gasteiger partial charge in [0, 0.05) is 0 Å². The topological polar surface area (TPSA) is 345 Å². The molecule has 0 aliphatic carbocycles. The number of nitro groups is 8. The largest absolute Gasteiger partial charge is 0.423 e. The lowest BCUT2D eigenvalue weighted by Crippen LogP contribution is -2.10. The van der Waals surface area contributed by atoms with Gasteiger partial charge in [0.1, 0.15) is 12.1 Å². The first-order valence-corrected chi connectivity index (χ1v) is 8.11. The van der Waals surface area contributed by atoms with Crippen LogP contribution < -0.4 is 0 Å². The molecule has 0 heterocycles. The molecule has 2 rings (SSSR count). The molecule has 36 heavy (non-hydrogen) atoms. The van der Waals surface area contributed by atoms with Crippen molar-refractivity contribution in [1.29, 1.82) is 0 Å². The summed E-state index contributed by atoms with van der Waals surface area (Å²) in [6.45, 7) is 0. The molecule has 0 N–H and O–H groups in total. The molecule has 0 aliphatic rings. The maximum atomic E-state index is 11.7. The Morgan fingerprint density at radius 3 is 0.722 bits per heavy atom. The second kappa shape index (κ2) is 8.88. The van der Waals surface area contributed by atoms with Gasteiger partial charge in [-0.25, -0.2) is 0 Å². The minimum absolute atomic E-state index is 0.291. The third-order valence-electron chi connectivity index (χ3n) is 4.23. The van der Waals surface area contributed by atoms with Crippen molar-refractivity contribution in [3.63, 3.8) is 0 Å². The first-order chi connectivity index (χ1) is 16.5. The molecule has 0 bridgehead atoms. The van der Waals surface area contributed by atoms with E-state index in [2.05, 4.69) is 0 Å². The second-order valence-corrected chi connectivity index (χ2v) is 6.03. The Labute approximate surface area is 190 Å². The van der Waals surface area contributed by atoms with E-state index in [1.165, 1.54) is 0 Å². The van der Waals surface area contributed by atoms with E-state index in [-0.39, 0.29) is 12.1 Å². The molecule has 24 nitrogen and oxygen atoms in total. The molecule has 2 aromatic rings. The first-order valence-electron chi connectivity index (χ1n) is 8.11. The molecule has 0 saturated carbocycles. The van der Waals surface area contributed by atoms with Gasteiger partial charge in [0.25, 0.3) is 11.4 Å². The van der Waals surface area contributed by atoms with Gasteiger partial charge in [0.15, 0.2) is 11.1 Å². The molecule has 0 aliphatic heterocycles. The van der Waals surface area contributed by atoms with Crippen LogP contribution in [-0.4, -0.2) is 39.4 Å². The average Bonchev–Trinajstić information content (AvgIpc) is 2.75. The van der Waals surface area contributed by atoms with Crippen LogP contribution in [-0.2, 0) is 0 Å². The smallest absolute Gasteiger partial charge is 0.258 e. The summed E-state index contributed by atoms with van der Waals surface area (Å²) in [4.78, 5) is 77.7. The molecule has 0 unspecified atom stereocenters. The fraction of sp³-hybridized carbons (Fsp3) is 0. The Balaban J connectivity index is 3.56. The molecule has 0 spiro atoms. The van der Waals surface area contributed by atoms with E-state index in [4.69, 9.17) is 0 Å². The molecule has 0 radical (unpaired) electrons. The quantitative estimate of drug-likeness (QED) is 0.342. The number of rotatable bonds is 9. The van der Waals surface area contributed by atoms with Crippen molar-refractivity contribution in [1.82, 2.24) is 0 Å². The highest BCUT2D eigenvalue weighted by atomic mass is 16.7. The summed E-state index contributed by atoms with van der Waals surface area (Å²) in [6, 6.07) is -0.581. The Bertz CT molecular complexity index is 1350. The Morgan fingerprint density at radius 2 is 0.556 bits per heavy atom. The predicted molar refractivity (Wildman–Crippen MR) is 105 cm³/mol. The Hall–Kier alpha value is -6.36. The SMILES string of the molecule is O=[N+]([O-])c1cc([N+](=O)[O-])c([N+](=O)[O-])c([N+](=O)[O-])c1-c1c([N+](=O)[O-])cc([N+](=O)[O-])c([N+](=O)[O-])c1[N+](=O)[O-]. The minimum atomic E-state index is -2.25. The second-order valence-electron chi connectivity index (χ2n) is 6.03. The highest BCUT2D eigenvalue weighted by molar-refractivity contribution is 6.01. The van der Waals surface area contributed by atoms with Gasteiger partial charge in [-0.15, -0.1) is 0 Å². The molecule has 24 heteroatoms. The lowest BCUT2D eigenvalue weighted by Gasteiger charge is -2.08. The maximum absolute atomic E-state index is 11.7. The van der Waals surface area contributed by atoms with Crippen molar-refractivity contribution in [3.05, 3.63) is 93.0 Å². The third-order valence-corrected chi connectivity index (χ3v) is 4.23. The fourth-order valence-corrected chi connectivity index (χ4v) is 3.04. The van der Waals surface area contributed by atoms with E-state index in [0.29, 0.717) is 0 Å². The summed E-state index contributed by atoms with van der Waals surface area (Å²) in [6.07, 6.45) is 0. The van der Waals surface area contributed by atoms with Crippen LogP contribution in [0.25, 0.3) is 11.1 Å². The van der Waals surface area contributed by atoms with Crippen LogP contribution in [0.4, 0.5) is 45.5 Å². The molecular formula is C12H2N8O16. The normalized spacial score (nSPS) is 10.3. The van der Waals surface area contributed by atoms with Gasteiger partial charge in [-0.05, 0) is 0 Å². The van der Waals surface area contributed by atoms with Gasteiger partial charge in [0.2, 0.25) is 0 Å². The van der Waals surface area contributed by atoms with Crippen molar-refractivity contribution in [2.75, 3.05) is 0 Å². The minimum Gasteiger partial charge on any atom is -0.258 e. The maximum Gasteiger partial charge on any atom is 0.423 e. The molecule has 0 saturated heterocycles. The van der Waals surface area contributed by atoms with Crippen LogP contribution >= 0.6 is 0 Å². The van der Waals surface area contributed by atoms with Gasteiger partial charge < -0.3 is 0 Å². The number of hydrogen-bond acceptors (Lipinski definition) is 16. The van der Waals surface area contributed by atoms with Gasteiger partial charge in [-0.1, -0.05) is 0 Å². The van der Waals surface area contributed by atoms with E-state index < -0.39 is 96.0 Å². The van der Waals surface area contributed by atoms with Crippen molar-refractivity contribution in [2.45, 2.75) is 0 Å². The zero-order chi connectivity index (χ0) is 27.8. The summed E-state index contributed by atoms with van der Waals surface area (Å²) < 4.78 is 0. The average molecular weight is 514 g/mol. The van der Waals surface area contributed by atoms with Crippen molar-refractivity contribution in [3.8, 4) is 11.1 Å². The summed E-state index contributed by atoms with van der Waals surface area (Å²) in [5, 5.41) is 91.9. The third kappa shape index (κ3) is 4.04. The fourth-order valence-electron chi connectivity index (χ4n) is 3.04. The summed E-state index contributed by atoms with van der Waals surface area (Å²) >= 11 is 0. The van der Waals surface area contributed by atoms with Crippen LogP contribution in [0, 0.1) is 80.9 Å². The lowest BCUT2D eigenvalue weighted by atomic mass is 9.94. The first kappa shape index (κ1) is 25.9. The van der Waals surface area contributed by atoms with Crippen molar-refractivity contribution < 1.29 is 39.4 Å². The van der Waals surface area contributed by atoms with Crippen LogP contribution in [0.15, 0.2) is 12.1 Å². The lowest BCUT2D eigenvalue weighted by molar-refractivity contribution is -0.444. The van der Waals surface area contributed by atoms with Crippen molar-refractivity contribution >= 4 is 45.5 Å². The zero-order valence-electron chi connectivity index (χ0n) is 16.3. The summed E-state index contributed by atoms with van der Waals surface area (Å²) in [7, 11) is 0. The molecule has 0 aromatic heterocycles. The van der Waals surface area contributed by atoms with Gasteiger partial charge >= 0.3 is 34.1 Å². The monoisotopic (exact) mass is 514 g/mol. The molecule has 0 atom stereocenters. The van der Waals surface area contributed by atoms with Crippen LogP contribution in [0.3, 0.4) is 0 Å². The zero-order valence-corrected chi connectivity index (χ0v) is 16.3. The number of benzene rings is 2. The van der Waals surface area contributed by atoms with E-state index in [1.807, 2.05) is 0 Å². The van der Waals surface area contributed by atoms with Gasteiger partial charge in [-0.3, -0.25) is 80.9 Å². The van der Waals surface area contributed by atoms with Crippen LogP contribution in [0.2, 0.25) is 0 Å². The molecule has 0 amide bonds. The van der Waals surface area contributed by atoms with E-state index in [1.54, 1.807) is 0 Å². The van der Waals surface area contributed by atoms with Crippen LogP contribution in [0.1, 0.15) is 0 Å². The predicted octanol–water partition coefficient (Wildman–Crippen LogP) is 2.62. The Kier molecular flexibility index (Phi) is 6.39.